The van der Waals surface area contributed by atoms with Gasteiger partial charge in [-0.1, -0.05) is 17.7 Å². The Morgan fingerprint density at radius 2 is 2.00 bits per heavy atom. The van der Waals surface area contributed by atoms with Crippen LogP contribution in [0.25, 0.3) is 0 Å². The van der Waals surface area contributed by atoms with E-state index < -0.39 is 43.5 Å². The number of hydrogen-bond donors (Lipinski definition) is 2. The number of aryl methyl sites for hydroxylation is 1. The highest BCUT2D eigenvalue weighted by atomic mass is 35.5. The number of benzene rings is 1. The van der Waals surface area contributed by atoms with Crippen LogP contribution in [-0.2, 0) is 19.9 Å². The minimum Gasteiger partial charge on any atom is -0.390 e. The molecule has 1 aliphatic rings. The lowest BCUT2D eigenvalue weighted by Crippen LogP contribution is -2.42. The first-order valence-electron chi connectivity index (χ1n) is 5.78. The van der Waals surface area contributed by atoms with Gasteiger partial charge in [0.15, 0.2) is 9.84 Å². The highest BCUT2D eigenvalue weighted by Crippen LogP contribution is 2.22. The zero-order chi connectivity index (χ0) is 15.1. The van der Waals surface area contributed by atoms with Crippen LogP contribution in [0.4, 0.5) is 0 Å². The molecule has 1 heterocycles. The van der Waals surface area contributed by atoms with E-state index >= 15 is 0 Å². The summed E-state index contributed by atoms with van der Waals surface area (Å²) in [5.74, 6) is -0.846. The number of sulfonamides is 1. The highest BCUT2D eigenvalue weighted by molar-refractivity contribution is 7.92. The molecule has 20 heavy (non-hydrogen) atoms. The van der Waals surface area contributed by atoms with Gasteiger partial charge in [0.1, 0.15) is 0 Å². The summed E-state index contributed by atoms with van der Waals surface area (Å²) >= 11 is 5.78. The minimum absolute atomic E-state index is 0.0264. The topological polar surface area (TPSA) is 101 Å². The van der Waals surface area contributed by atoms with Crippen molar-refractivity contribution in [1.82, 2.24) is 4.72 Å². The van der Waals surface area contributed by atoms with Crippen molar-refractivity contribution >= 4 is 31.5 Å². The fourth-order valence-corrected chi connectivity index (χ4v) is 5.69. The molecule has 2 N–H and O–H groups in total. The van der Waals surface area contributed by atoms with E-state index in [1.54, 1.807) is 19.1 Å². The van der Waals surface area contributed by atoms with Crippen molar-refractivity contribution in [1.29, 1.82) is 0 Å². The first-order valence-corrected chi connectivity index (χ1v) is 9.46. The summed E-state index contributed by atoms with van der Waals surface area (Å²) in [5.41, 5.74) is 0.484. The number of halogens is 1. The van der Waals surface area contributed by atoms with E-state index in [4.69, 9.17) is 11.6 Å². The number of rotatable bonds is 3. The lowest BCUT2D eigenvalue weighted by atomic mass is 10.2. The third-order valence-corrected chi connectivity index (χ3v) is 6.65. The molecule has 9 heteroatoms. The predicted molar refractivity (Wildman–Crippen MR) is 75.0 cm³/mol. The number of sulfone groups is 1. The van der Waals surface area contributed by atoms with Crippen molar-refractivity contribution < 1.29 is 21.9 Å². The first kappa shape index (κ1) is 15.7. The largest absolute Gasteiger partial charge is 0.390 e. The Labute approximate surface area is 122 Å². The Bertz CT molecular complexity index is 729. The summed E-state index contributed by atoms with van der Waals surface area (Å²) in [7, 11) is -7.36. The number of hydrogen-bond acceptors (Lipinski definition) is 5. The highest BCUT2D eigenvalue weighted by Gasteiger charge is 2.39. The van der Waals surface area contributed by atoms with Crippen LogP contribution < -0.4 is 4.72 Å². The lowest BCUT2D eigenvalue weighted by molar-refractivity contribution is 0.176. The average molecular weight is 340 g/mol. The van der Waals surface area contributed by atoms with Gasteiger partial charge in [0.05, 0.1) is 28.5 Å². The lowest BCUT2D eigenvalue weighted by Gasteiger charge is -2.16. The van der Waals surface area contributed by atoms with Crippen LogP contribution in [0.5, 0.6) is 0 Å². The molecule has 0 aromatic heterocycles. The smallest absolute Gasteiger partial charge is 0.241 e. The third kappa shape index (κ3) is 3.32. The molecule has 0 aliphatic carbocycles. The van der Waals surface area contributed by atoms with E-state index in [2.05, 4.69) is 4.72 Å². The molecule has 2 rings (SSSR count). The fourth-order valence-electron chi connectivity index (χ4n) is 2.07. The van der Waals surface area contributed by atoms with Crippen LogP contribution >= 0.6 is 11.6 Å². The Hall–Kier alpha value is -0.670. The molecule has 0 saturated carbocycles. The predicted octanol–water partition coefficient (Wildman–Crippen LogP) is 0.0846. The number of aliphatic hydroxyl groups is 1. The zero-order valence-electron chi connectivity index (χ0n) is 10.6. The van der Waals surface area contributed by atoms with Crippen LogP contribution in [-0.4, -0.2) is 45.6 Å². The van der Waals surface area contributed by atoms with Crippen molar-refractivity contribution in [3.8, 4) is 0 Å². The summed E-state index contributed by atoms with van der Waals surface area (Å²) in [4.78, 5) is -0.0264. The molecule has 0 bridgehead atoms. The Morgan fingerprint density at radius 1 is 1.35 bits per heavy atom. The molecule has 6 nitrogen and oxygen atoms in total. The average Bonchev–Trinajstić information content (AvgIpc) is 2.54. The van der Waals surface area contributed by atoms with Gasteiger partial charge in [-0.05, 0) is 24.6 Å². The van der Waals surface area contributed by atoms with Crippen LogP contribution in [0.15, 0.2) is 23.1 Å². The monoisotopic (exact) mass is 339 g/mol. The van der Waals surface area contributed by atoms with Gasteiger partial charge < -0.3 is 5.11 Å². The maximum atomic E-state index is 12.2. The molecule has 0 amide bonds. The van der Waals surface area contributed by atoms with E-state index in [1.165, 1.54) is 6.07 Å². The van der Waals surface area contributed by atoms with E-state index in [1.807, 2.05) is 0 Å². The molecule has 112 valence electrons. The third-order valence-electron chi connectivity index (χ3n) is 3.07. The van der Waals surface area contributed by atoms with Crippen LogP contribution in [0.3, 0.4) is 0 Å². The zero-order valence-corrected chi connectivity index (χ0v) is 13.0. The second kappa shape index (κ2) is 5.27. The maximum absolute atomic E-state index is 12.2. The minimum atomic E-state index is -3.94. The molecule has 0 unspecified atom stereocenters. The molecule has 1 aromatic rings. The molecule has 1 aromatic carbocycles. The van der Waals surface area contributed by atoms with E-state index in [9.17, 15) is 21.9 Å². The van der Waals surface area contributed by atoms with Gasteiger partial charge >= 0.3 is 0 Å². The molecule has 0 radical (unpaired) electrons. The summed E-state index contributed by atoms with van der Waals surface area (Å²) in [6.45, 7) is 1.60. The van der Waals surface area contributed by atoms with Gasteiger partial charge in [0.25, 0.3) is 0 Å². The summed E-state index contributed by atoms with van der Waals surface area (Å²) in [5, 5.41) is 9.89. The van der Waals surface area contributed by atoms with Crippen molar-refractivity contribution in [2.45, 2.75) is 24.0 Å². The Morgan fingerprint density at radius 3 is 2.55 bits per heavy atom. The molecule has 1 saturated heterocycles. The molecular weight excluding hydrogens is 326 g/mol. The number of aliphatic hydroxyl groups excluding tert-OH is 1. The molecular formula is C11H14ClNO5S2. The summed E-state index contributed by atoms with van der Waals surface area (Å²) < 4.78 is 49.5. The van der Waals surface area contributed by atoms with Gasteiger partial charge in [0.2, 0.25) is 10.0 Å². The Balaban J connectivity index is 2.31. The van der Waals surface area contributed by atoms with Gasteiger partial charge in [0, 0.05) is 5.02 Å². The van der Waals surface area contributed by atoms with E-state index in [-0.39, 0.29) is 9.92 Å². The van der Waals surface area contributed by atoms with Crippen LogP contribution in [0.2, 0.25) is 5.02 Å². The maximum Gasteiger partial charge on any atom is 0.241 e. The standard InChI is InChI=1S/C11H14ClNO5S2/c1-7-2-3-8(12)4-11(7)20(17,18)13-9-5-19(15,16)6-10(9)14/h2-4,9-10,13-14H,5-6H2,1H3/t9-,10+/m0/s1. The molecule has 1 fully saturated rings. The van der Waals surface area contributed by atoms with E-state index in [0.29, 0.717) is 5.56 Å². The second-order valence-corrected chi connectivity index (χ2v) is 9.05. The Kier molecular flexibility index (Phi) is 4.14. The molecule has 2 atom stereocenters. The van der Waals surface area contributed by atoms with E-state index in [0.717, 1.165) is 0 Å². The molecule has 1 aliphatic heterocycles. The van der Waals surface area contributed by atoms with Crippen LogP contribution in [0, 0.1) is 6.92 Å². The van der Waals surface area contributed by atoms with Crippen LogP contribution in [0.1, 0.15) is 5.56 Å². The van der Waals surface area contributed by atoms with Crippen molar-refractivity contribution in [3.63, 3.8) is 0 Å². The van der Waals surface area contributed by atoms with Crippen molar-refractivity contribution in [2.24, 2.45) is 0 Å². The van der Waals surface area contributed by atoms with Gasteiger partial charge in [-0.25, -0.2) is 21.6 Å². The first-order chi connectivity index (χ1) is 9.11. The van der Waals surface area contributed by atoms with Crippen molar-refractivity contribution in [2.75, 3.05) is 11.5 Å². The second-order valence-electron chi connectivity index (χ2n) is 4.78. The summed E-state index contributed by atoms with van der Waals surface area (Å²) in [6, 6.07) is 3.36. The number of nitrogens with one attached hydrogen (secondary N) is 1. The summed E-state index contributed by atoms with van der Waals surface area (Å²) in [6.07, 6.45) is -1.24. The van der Waals surface area contributed by atoms with Gasteiger partial charge in [-0.15, -0.1) is 0 Å². The fraction of sp³-hybridized carbons (Fsp3) is 0.455. The quantitative estimate of drug-likeness (QED) is 0.812. The SMILES string of the molecule is Cc1ccc(Cl)cc1S(=O)(=O)N[C@H]1CS(=O)(=O)C[C@H]1O. The molecule has 0 spiro atoms. The van der Waals surface area contributed by atoms with Crippen molar-refractivity contribution in [3.05, 3.63) is 28.8 Å². The van der Waals surface area contributed by atoms with Gasteiger partial charge in [-0.3, -0.25) is 0 Å². The van der Waals surface area contributed by atoms with Gasteiger partial charge in [-0.2, -0.15) is 0 Å². The normalized spacial score (nSPS) is 25.8.